The molecule has 4 heteroatoms. The average Bonchev–Trinajstić information content (AvgIpc) is 1.63. The fourth-order valence-corrected chi connectivity index (χ4v) is 0.256. The van der Waals surface area contributed by atoms with E-state index >= 15 is 0 Å². The molecule has 9 heavy (non-hydrogen) atoms. The Morgan fingerprint density at radius 2 is 2.00 bits per heavy atom. The summed E-state index contributed by atoms with van der Waals surface area (Å²) in [6.45, 7) is 1.34. The number of carboxylic acid groups (broad SMARTS) is 1. The van der Waals surface area contributed by atoms with Crippen molar-refractivity contribution < 1.29 is 14.7 Å². The quantitative estimate of drug-likeness (QED) is 0.493. The van der Waals surface area contributed by atoms with Crippen molar-refractivity contribution in [1.29, 1.82) is 0 Å². The lowest BCUT2D eigenvalue weighted by atomic mass is 10.3. The molecule has 0 aromatic rings. The van der Waals surface area contributed by atoms with Gasteiger partial charge in [-0.05, 0) is 6.92 Å². The summed E-state index contributed by atoms with van der Waals surface area (Å²) in [5.74, 6) is -1.87. The van der Waals surface area contributed by atoms with Crippen molar-refractivity contribution in [2.24, 2.45) is 5.73 Å². The van der Waals surface area contributed by atoms with Crippen LogP contribution in [0.5, 0.6) is 0 Å². The Bertz CT molecular complexity index is 171. The van der Waals surface area contributed by atoms with Gasteiger partial charge in [0.25, 0.3) is 0 Å². The van der Waals surface area contributed by atoms with Gasteiger partial charge in [-0.1, -0.05) is 0 Å². The first-order valence-electron chi connectivity index (χ1n) is 2.25. The molecule has 0 spiro atoms. The number of hydrogen-bond acceptors (Lipinski definition) is 2. The summed E-state index contributed by atoms with van der Waals surface area (Å²) >= 11 is 0. The Kier molecular flexibility index (Phi) is 2.44. The fourth-order valence-electron chi connectivity index (χ4n) is 0.256. The van der Waals surface area contributed by atoms with Gasteiger partial charge in [-0.15, -0.1) is 0 Å². The van der Waals surface area contributed by atoms with Crippen LogP contribution in [0.15, 0.2) is 11.6 Å². The summed E-state index contributed by atoms with van der Waals surface area (Å²) in [5.41, 5.74) is 4.76. The second-order valence-corrected chi connectivity index (χ2v) is 1.53. The van der Waals surface area contributed by atoms with Crippen LogP contribution in [0.2, 0.25) is 0 Å². The monoisotopic (exact) mass is 129 g/mol. The molecule has 0 unspecified atom stereocenters. The maximum absolute atomic E-state index is 10.1. The first kappa shape index (κ1) is 7.68. The standard InChI is InChI=1S/C5H7NO3/c1-3(5(6)9)2-4(7)8/h2H,1H3,(H2,6,9)(H,7,8)/b3-2+. The van der Waals surface area contributed by atoms with Crippen LogP contribution >= 0.6 is 0 Å². The second-order valence-electron chi connectivity index (χ2n) is 1.53. The third kappa shape index (κ3) is 3.28. The number of rotatable bonds is 2. The van der Waals surface area contributed by atoms with E-state index in [-0.39, 0.29) is 5.57 Å². The lowest BCUT2D eigenvalue weighted by Crippen LogP contribution is -2.12. The minimum Gasteiger partial charge on any atom is -0.478 e. The number of nitrogens with two attached hydrogens (primary N) is 1. The van der Waals surface area contributed by atoms with Crippen molar-refractivity contribution in [3.8, 4) is 0 Å². The Hall–Kier alpha value is -1.32. The summed E-state index contributed by atoms with van der Waals surface area (Å²) in [4.78, 5) is 20.0. The molecule has 0 bridgehead atoms. The molecule has 0 radical (unpaired) electrons. The number of amides is 1. The highest BCUT2D eigenvalue weighted by Crippen LogP contribution is 1.87. The largest absolute Gasteiger partial charge is 0.478 e. The highest BCUT2D eigenvalue weighted by Gasteiger charge is 1.98. The maximum atomic E-state index is 10.1. The summed E-state index contributed by atoms with van der Waals surface area (Å²) in [7, 11) is 0. The van der Waals surface area contributed by atoms with Crippen LogP contribution in [-0.2, 0) is 9.59 Å². The van der Waals surface area contributed by atoms with Gasteiger partial charge in [0.15, 0.2) is 0 Å². The van der Waals surface area contributed by atoms with E-state index in [0.717, 1.165) is 6.08 Å². The molecule has 0 fully saturated rings. The second kappa shape index (κ2) is 2.86. The van der Waals surface area contributed by atoms with Gasteiger partial charge in [0.05, 0.1) is 0 Å². The molecule has 0 aliphatic heterocycles. The average molecular weight is 129 g/mol. The Balaban J connectivity index is 4.17. The third-order valence-electron chi connectivity index (χ3n) is 0.729. The molecule has 0 rings (SSSR count). The van der Waals surface area contributed by atoms with Gasteiger partial charge in [-0.2, -0.15) is 0 Å². The van der Waals surface area contributed by atoms with Gasteiger partial charge in [-0.25, -0.2) is 4.79 Å². The van der Waals surface area contributed by atoms with Gasteiger partial charge in [0.1, 0.15) is 0 Å². The molecule has 0 atom stereocenters. The minimum atomic E-state index is -1.16. The first-order chi connectivity index (χ1) is 4.04. The van der Waals surface area contributed by atoms with Crippen molar-refractivity contribution in [3.63, 3.8) is 0 Å². The summed E-state index contributed by atoms with van der Waals surface area (Å²) in [5, 5.41) is 8.05. The topological polar surface area (TPSA) is 80.4 Å². The van der Waals surface area contributed by atoms with Gasteiger partial charge in [-0.3, -0.25) is 4.79 Å². The van der Waals surface area contributed by atoms with Crippen LogP contribution in [-0.4, -0.2) is 17.0 Å². The first-order valence-corrected chi connectivity index (χ1v) is 2.25. The van der Waals surface area contributed by atoms with Crippen molar-refractivity contribution >= 4 is 11.9 Å². The van der Waals surface area contributed by atoms with Gasteiger partial charge < -0.3 is 10.8 Å². The fraction of sp³-hybridized carbons (Fsp3) is 0.200. The molecule has 0 aliphatic carbocycles. The van der Waals surface area contributed by atoms with E-state index < -0.39 is 11.9 Å². The van der Waals surface area contributed by atoms with E-state index in [1.807, 2.05) is 0 Å². The number of carboxylic acids is 1. The van der Waals surface area contributed by atoms with Crippen molar-refractivity contribution in [1.82, 2.24) is 0 Å². The molecule has 0 aromatic heterocycles. The summed E-state index contributed by atoms with van der Waals surface area (Å²) in [6.07, 6.45) is 0.766. The Labute approximate surface area is 52.0 Å². The lowest BCUT2D eigenvalue weighted by molar-refractivity contribution is -0.131. The SMILES string of the molecule is C/C(=C\C(=O)O)C(N)=O. The zero-order valence-electron chi connectivity index (χ0n) is 4.92. The molecule has 0 saturated heterocycles. The van der Waals surface area contributed by atoms with Crippen LogP contribution in [0.3, 0.4) is 0 Å². The zero-order chi connectivity index (χ0) is 7.44. The minimum absolute atomic E-state index is 0.0440. The molecule has 0 aliphatic rings. The van der Waals surface area contributed by atoms with Gasteiger partial charge >= 0.3 is 5.97 Å². The third-order valence-corrected chi connectivity index (χ3v) is 0.729. The normalized spacial score (nSPS) is 11.0. The number of carbonyl (C=O) groups excluding carboxylic acids is 1. The molecule has 0 saturated carbocycles. The molecule has 1 amide bonds. The number of carbonyl (C=O) groups is 2. The molecule has 0 heterocycles. The van der Waals surface area contributed by atoms with Crippen LogP contribution in [0.4, 0.5) is 0 Å². The Morgan fingerprint density at radius 1 is 1.56 bits per heavy atom. The number of primary amides is 1. The van der Waals surface area contributed by atoms with E-state index in [1.165, 1.54) is 6.92 Å². The predicted octanol–water partition coefficient (Wildman–Crippen LogP) is -0.497. The van der Waals surface area contributed by atoms with E-state index in [1.54, 1.807) is 0 Å². The molecule has 50 valence electrons. The van der Waals surface area contributed by atoms with E-state index in [0.29, 0.717) is 0 Å². The summed E-state index contributed by atoms with van der Waals surface area (Å²) < 4.78 is 0. The van der Waals surface area contributed by atoms with Crippen LogP contribution in [0.1, 0.15) is 6.92 Å². The highest BCUT2D eigenvalue weighted by molar-refractivity contribution is 5.97. The van der Waals surface area contributed by atoms with Gasteiger partial charge in [0, 0.05) is 11.6 Å². The van der Waals surface area contributed by atoms with Gasteiger partial charge in [0.2, 0.25) is 5.91 Å². The maximum Gasteiger partial charge on any atom is 0.328 e. The smallest absolute Gasteiger partial charge is 0.328 e. The number of aliphatic carboxylic acids is 1. The van der Waals surface area contributed by atoms with Crippen LogP contribution in [0.25, 0.3) is 0 Å². The summed E-state index contributed by atoms with van der Waals surface area (Å²) in [6, 6.07) is 0. The van der Waals surface area contributed by atoms with E-state index in [4.69, 9.17) is 10.8 Å². The highest BCUT2D eigenvalue weighted by atomic mass is 16.4. The Morgan fingerprint density at radius 3 is 2.11 bits per heavy atom. The number of hydrogen-bond donors (Lipinski definition) is 2. The molecule has 4 nitrogen and oxygen atoms in total. The van der Waals surface area contributed by atoms with Crippen LogP contribution in [0, 0.1) is 0 Å². The van der Waals surface area contributed by atoms with E-state index in [9.17, 15) is 9.59 Å². The van der Waals surface area contributed by atoms with E-state index in [2.05, 4.69) is 0 Å². The molecule has 3 N–H and O–H groups in total. The molecular weight excluding hydrogens is 122 g/mol. The van der Waals surface area contributed by atoms with Crippen molar-refractivity contribution in [2.75, 3.05) is 0 Å². The molecular formula is C5H7NO3. The molecule has 0 aromatic carbocycles. The predicted molar refractivity (Wildman–Crippen MR) is 30.6 cm³/mol. The lowest BCUT2D eigenvalue weighted by Gasteiger charge is -1.87. The zero-order valence-corrected chi connectivity index (χ0v) is 4.92. The van der Waals surface area contributed by atoms with Crippen molar-refractivity contribution in [3.05, 3.63) is 11.6 Å². The van der Waals surface area contributed by atoms with Crippen LogP contribution < -0.4 is 5.73 Å². The van der Waals surface area contributed by atoms with Crippen molar-refractivity contribution in [2.45, 2.75) is 6.92 Å².